The molecule has 0 heterocycles. The van der Waals surface area contributed by atoms with Crippen molar-refractivity contribution in [3.63, 3.8) is 0 Å². The fraction of sp³-hybridized carbons (Fsp3) is 0. The van der Waals surface area contributed by atoms with E-state index in [2.05, 4.69) is 19.8 Å². The molecule has 24 valence electrons. The van der Waals surface area contributed by atoms with Crippen molar-refractivity contribution < 1.29 is 0 Å². The molecule has 0 radical (unpaired) electrons. The van der Waals surface area contributed by atoms with Gasteiger partial charge in [-0.05, 0) is 9.39 Å². The first-order valence-electron chi connectivity index (χ1n) is 0.736. The Balaban J connectivity index is 2.30. The highest BCUT2D eigenvalue weighted by molar-refractivity contribution is 7.13. The first kappa shape index (κ1) is 3.83. The molecule has 0 aromatic carbocycles. The van der Waals surface area contributed by atoms with Crippen molar-refractivity contribution >= 4 is 9.39 Å². The summed E-state index contributed by atoms with van der Waals surface area (Å²) in [5, 5.41) is 4.84. The third-order valence-corrected chi connectivity index (χ3v) is 0.194. The van der Waals surface area contributed by atoms with Crippen LogP contribution < -0.4 is 5.20 Å². The Hall–Kier alpha value is -0.170. The van der Waals surface area contributed by atoms with Crippen molar-refractivity contribution in [3.05, 3.63) is 0 Å². The van der Waals surface area contributed by atoms with Gasteiger partial charge in [-0.3, -0.25) is 5.20 Å². The average Bonchev–Trinajstić information content (AvgIpc) is 1.37. The number of hydrogen-bond acceptors (Lipinski definition) is 2. The van der Waals surface area contributed by atoms with E-state index in [1.807, 2.05) is 0 Å². The van der Waals surface area contributed by atoms with Crippen molar-refractivity contribution in [2.75, 3.05) is 0 Å². The molecule has 3 nitrogen and oxygen atoms in total. The first-order chi connectivity index (χ1) is 1.91. The van der Waals surface area contributed by atoms with Gasteiger partial charge in [0.2, 0.25) is 0 Å². The Morgan fingerprint density at radius 3 is 2.25 bits per heavy atom. The fourth-order valence-electron chi connectivity index (χ4n) is 0. The van der Waals surface area contributed by atoms with E-state index in [1.54, 1.807) is 0 Å². The minimum absolute atomic E-state index is 2.05. The van der Waals surface area contributed by atoms with Gasteiger partial charge in [0.15, 0.2) is 0 Å². The van der Waals surface area contributed by atoms with Crippen LogP contribution in [0.2, 0.25) is 0 Å². The van der Waals surface area contributed by atoms with Crippen molar-refractivity contribution in [1.29, 1.82) is 5.53 Å². The summed E-state index contributed by atoms with van der Waals surface area (Å²) in [5.74, 6) is 0. The second kappa shape index (κ2) is 2.83. The van der Waals surface area contributed by atoms with Gasteiger partial charge in [0.1, 0.15) is 0 Å². The zero-order chi connectivity index (χ0) is 3.41. The summed E-state index contributed by atoms with van der Waals surface area (Å²) in [4.78, 5) is 0. The first-order valence-corrected chi connectivity index (χ1v) is 1.31. The molecular weight excluding hydrogens is 73.0 g/mol. The van der Waals surface area contributed by atoms with Gasteiger partial charge in [0.25, 0.3) is 0 Å². The van der Waals surface area contributed by atoms with E-state index in [4.69, 9.17) is 5.53 Å². The summed E-state index contributed by atoms with van der Waals surface area (Å²) in [5.41, 5.74) is 5.94. The fourth-order valence-corrected chi connectivity index (χ4v) is 0. The molecule has 0 aliphatic carbocycles. The highest BCUT2D eigenvalue weighted by Crippen LogP contribution is 1.59. The van der Waals surface area contributed by atoms with Crippen molar-refractivity contribution in [3.8, 4) is 0 Å². The Morgan fingerprint density at radius 2 is 2.25 bits per heavy atom. The van der Waals surface area contributed by atoms with Crippen LogP contribution in [0.15, 0.2) is 5.22 Å². The lowest BCUT2D eigenvalue weighted by atomic mass is 12.8. The normalized spacial score (nSPS) is 5.25. The lowest BCUT2D eigenvalue weighted by molar-refractivity contribution is 0.917. The number of nitrogens with one attached hydrogen (secondary N) is 2. The minimum atomic E-state index is 2.05. The average molecular weight is 77.0 g/mol. The van der Waals surface area contributed by atoms with Gasteiger partial charge in [0.05, 0.1) is 0 Å². The third-order valence-electron chi connectivity index (χ3n) is 0.0645. The van der Waals surface area contributed by atoms with E-state index in [0.29, 0.717) is 0 Å². The summed E-state index contributed by atoms with van der Waals surface area (Å²) in [6, 6.07) is 0. The molecular formula is H4N3P. The Labute approximate surface area is 26.5 Å². The SMILES string of the molecule is N=NNP. The van der Waals surface area contributed by atoms with Gasteiger partial charge in [-0.25, -0.2) is 0 Å². The van der Waals surface area contributed by atoms with Crippen LogP contribution in [0.25, 0.3) is 0 Å². The molecule has 4 heavy (non-hydrogen) atoms. The summed E-state index contributed by atoms with van der Waals surface area (Å²) in [6.45, 7) is 0. The Bertz CT molecular complexity index is 17.2. The molecule has 0 amide bonds. The summed E-state index contributed by atoms with van der Waals surface area (Å²) >= 11 is 0. The van der Waals surface area contributed by atoms with Crippen molar-refractivity contribution in [1.82, 2.24) is 5.20 Å². The second-order valence-electron chi connectivity index (χ2n) is 0.241. The standard InChI is InChI=1S/H4N3P/c1-2-3-4/h4H2,(H2,1,3). The summed E-state index contributed by atoms with van der Waals surface area (Å²) < 4.78 is 0. The van der Waals surface area contributed by atoms with Gasteiger partial charge in [-0.2, -0.15) is 5.53 Å². The van der Waals surface area contributed by atoms with Gasteiger partial charge in [-0.15, -0.1) is 0 Å². The number of rotatable bonds is 1. The second-order valence-corrected chi connectivity index (χ2v) is 0.499. The van der Waals surface area contributed by atoms with Crippen molar-refractivity contribution in [2.45, 2.75) is 0 Å². The molecule has 0 spiro atoms. The van der Waals surface area contributed by atoms with Gasteiger partial charge in [0, 0.05) is 0 Å². The van der Waals surface area contributed by atoms with E-state index in [9.17, 15) is 0 Å². The van der Waals surface area contributed by atoms with Crippen LogP contribution in [-0.2, 0) is 0 Å². The smallest absolute Gasteiger partial charge is 0.0191 e. The maximum Gasteiger partial charge on any atom is -0.0191 e. The number of nitrogens with zero attached hydrogens (tertiary/aromatic N) is 1. The minimum Gasteiger partial charge on any atom is -0.277 e. The Kier molecular flexibility index (Phi) is 2.71. The van der Waals surface area contributed by atoms with Crippen LogP contribution in [0.4, 0.5) is 0 Å². The molecule has 0 aromatic heterocycles. The van der Waals surface area contributed by atoms with Crippen molar-refractivity contribution in [2.24, 2.45) is 5.22 Å². The molecule has 4 heteroatoms. The molecule has 0 aromatic rings. The van der Waals surface area contributed by atoms with Gasteiger partial charge >= 0.3 is 0 Å². The van der Waals surface area contributed by atoms with Crippen LogP contribution in [0.1, 0.15) is 0 Å². The number of hydrogen-bond donors (Lipinski definition) is 2. The summed E-state index contributed by atoms with van der Waals surface area (Å²) in [6.07, 6.45) is 0. The molecule has 1 atom stereocenters. The van der Waals surface area contributed by atoms with E-state index >= 15 is 0 Å². The van der Waals surface area contributed by atoms with Crippen LogP contribution in [0, 0.1) is 5.53 Å². The highest BCUT2D eigenvalue weighted by atomic mass is 31.0. The van der Waals surface area contributed by atoms with Gasteiger partial charge in [-0.1, -0.05) is 5.22 Å². The molecule has 0 bridgehead atoms. The summed E-state index contributed by atoms with van der Waals surface area (Å²) in [7, 11) is 2.05. The van der Waals surface area contributed by atoms with E-state index in [0.717, 1.165) is 0 Å². The lowest BCUT2D eigenvalue weighted by Crippen LogP contribution is -1.71. The van der Waals surface area contributed by atoms with Crippen LogP contribution in [0.5, 0.6) is 0 Å². The maximum atomic E-state index is 5.94. The highest BCUT2D eigenvalue weighted by Gasteiger charge is 1.35. The monoisotopic (exact) mass is 77.0 g/mol. The van der Waals surface area contributed by atoms with E-state index in [-0.39, 0.29) is 0 Å². The van der Waals surface area contributed by atoms with Crippen LogP contribution in [-0.4, -0.2) is 0 Å². The molecule has 0 saturated heterocycles. The predicted molar refractivity (Wildman–Crippen MR) is 18.0 cm³/mol. The van der Waals surface area contributed by atoms with Gasteiger partial charge < -0.3 is 0 Å². The molecule has 0 saturated carbocycles. The molecule has 0 rings (SSSR count). The molecule has 0 aliphatic heterocycles. The predicted octanol–water partition coefficient (Wildman–Crippen LogP) is 0.312. The molecule has 1 unspecified atom stereocenters. The molecule has 0 aliphatic rings. The van der Waals surface area contributed by atoms with Crippen LogP contribution >= 0.6 is 9.39 Å². The third kappa shape index (κ3) is 1.83. The van der Waals surface area contributed by atoms with E-state index < -0.39 is 0 Å². The zero-order valence-electron chi connectivity index (χ0n) is 2.02. The van der Waals surface area contributed by atoms with Crippen LogP contribution in [0.3, 0.4) is 0 Å². The zero-order valence-corrected chi connectivity index (χ0v) is 3.18. The molecule has 2 N–H and O–H groups in total. The Morgan fingerprint density at radius 1 is 2.00 bits per heavy atom. The maximum absolute atomic E-state index is 5.94. The quantitative estimate of drug-likeness (QED) is 0.264. The lowest BCUT2D eigenvalue weighted by Gasteiger charge is -1.67. The molecule has 0 fully saturated rings. The topological polar surface area (TPSA) is 48.2 Å². The largest absolute Gasteiger partial charge is 0.277 e. The van der Waals surface area contributed by atoms with E-state index in [1.165, 1.54) is 0 Å².